The standard InChI is InChI=1S/C17H23NO2/c1-3-20-17(19)15-11-7-8-12-16(15)18-13(2)14-9-5-4-6-10-14/h4-6,9-11,13,16,18H,3,7-8,12H2,1-2H3/t13-,16+/m0/s1. The quantitative estimate of drug-likeness (QED) is 0.836. The third-order valence-electron chi connectivity index (χ3n) is 3.70. The Balaban J connectivity index is 2.05. The number of ether oxygens (including phenoxy) is 1. The second-order valence-electron chi connectivity index (χ2n) is 5.16. The minimum absolute atomic E-state index is 0.0954. The van der Waals surface area contributed by atoms with Crippen LogP contribution >= 0.6 is 0 Å². The molecule has 3 nitrogen and oxygen atoms in total. The van der Waals surface area contributed by atoms with Crippen LogP contribution < -0.4 is 5.32 Å². The smallest absolute Gasteiger partial charge is 0.335 e. The third-order valence-corrected chi connectivity index (χ3v) is 3.70. The van der Waals surface area contributed by atoms with E-state index in [1.807, 2.05) is 31.2 Å². The molecule has 1 aliphatic carbocycles. The summed E-state index contributed by atoms with van der Waals surface area (Å²) in [4.78, 5) is 12.0. The molecule has 1 aromatic carbocycles. The van der Waals surface area contributed by atoms with E-state index in [0.29, 0.717) is 6.61 Å². The van der Waals surface area contributed by atoms with Crippen molar-refractivity contribution in [2.75, 3.05) is 6.61 Å². The molecule has 0 spiro atoms. The van der Waals surface area contributed by atoms with Gasteiger partial charge in [0.05, 0.1) is 12.2 Å². The molecule has 3 heteroatoms. The Morgan fingerprint density at radius 3 is 2.85 bits per heavy atom. The van der Waals surface area contributed by atoms with Gasteiger partial charge in [-0.1, -0.05) is 36.4 Å². The van der Waals surface area contributed by atoms with Crippen molar-refractivity contribution < 1.29 is 9.53 Å². The first-order valence-corrected chi connectivity index (χ1v) is 7.40. The predicted octanol–water partition coefficient (Wildman–Crippen LogP) is 3.38. The number of benzene rings is 1. The summed E-state index contributed by atoms with van der Waals surface area (Å²) in [5.41, 5.74) is 2.03. The molecule has 0 aliphatic heterocycles. The van der Waals surface area contributed by atoms with Crippen LogP contribution in [0.4, 0.5) is 0 Å². The molecule has 0 aromatic heterocycles. The summed E-state index contributed by atoms with van der Waals surface area (Å²) in [7, 11) is 0. The summed E-state index contributed by atoms with van der Waals surface area (Å²) in [6.07, 6.45) is 5.09. The van der Waals surface area contributed by atoms with E-state index in [-0.39, 0.29) is 18.1 Å². The van der Waals surface area contributed by atoms with Crippen LogP contribution in [0.3, 0.4) is 0 Å². The Kier molecular flexibility index (Phi) is 5.36. The zero-order valence-corrected chi connectivity index (χ0v) is 12.3. The first kappa shape index (κ1) is 14.8. The molecule has 20 heavy (non-hydrogen) atoms. The molecule has 1 aromatic rings. The van der Waals surface area contributed by atoms with Gasteiger partial charge in [-0.3, -0.25) is 0 Å². The third kappa shape index (κ3) is 3.70. The number of rotatable bonds is 5. The number of hydrogen-bond acceptors (Lipinski definition) is 3. The minimum atomic E-state index is -0.176. The lowest BCUT2D eigenvalue weighted by Gasteiger charge is -2.27. The van der Waals surface area contributed by atoms with E-state index in [0.717, 1.165) is 24.8 Å². The van der Waals surface area contributed by atoms with Crippen LogP contribution in [0.2, 0.25) is 0 Å². The molecular formula is C17H23NO2. The highest BCUT2D eigenvalue weighted by Crippen LogP contribution is 2.23. The molecule has 2 rings (SSSR count). The van der Waals surface area contributed by atoms with Gasteiger partial charge in [0.25, 0.3) is 0 Å². The highest BCUT2D eigenvalue weighted by molar-refractivity contribution is 5.90. The van der Waals surface area contributed by atoms with Gasteiger partial charge in [0.15, 0.2) is 0 Å². The highest BCUT2D eigenvalue weighted by Gasteiger charge is 2.25. The van der Waals surface area contributed by atoms with Crippen LogP contribution in [0.25, 0.3) is 0 Å². The van der Waals surface area contributed by atoms with E-state index in [9.17, 15) is 4.79 Å². The largest absolute Gasteiger partial charge is 0.463 e. The minimum Gasteiger partial charge on any atom is -0.463 e. The number of hydrogen-bond donors (Lipinski definition) is 1. The Morgan fingerprint density at radius 1 is 1.40 bits per heavy atom. The monoisotopic (exact) mass is 273 g/mol. The lowest BCUT2D eigenvalue weighted by molar-refractivity contribution is -0.139. The number of nitrogens with one attached hydrogen (secondary N) is 1. The summed E-state index contributed by atoms with van der Waals surface area (Å²) >= 11 is 0. The van der Waals surface area contributed by atoms with E-state index in [1.54, 1.807) is 0 Å². The molecule has 1 aliphatic rings. The normalized spacial score (nSPS) is 20.1. The van der Waals surface area contributed by atoms with Gasteiger partial charge in [0.1, 0.15) is 0 Å². The molecule has 0 heterocycles. The second kappa shape index (κ2) is 7.25. The van der Waals surface area contributed by atoms with E-state index >= 15 is 0 Å². The van der Waals surface area contributed by atoms with Gasteiger partial charge in [0.2, 0.25) is 0 Å². The van der Waals surface area contributed by atoms with Crippen molar-refractivity contribution >= 4 is 5.97 Å². The average Bonchev–Trinajstić information content (AvgIpc) is 2.49. The maximum Gasteiger partial charge on any atom is 0.335 e. The van der Waals surface area contributed by atoms with E-state index in [1.165, 1.54) is 5.56 Å². The van der Waals surface area contributed by atoms with Gasteiger partial charge in [-0.05, 0) is 38.7 Å². The van der Waals surface area contributed by atoms with Gasteiger partial charge < -0.3 is 10.1 Å². The van der Waals surface area contributed by atoms with Crippen LogP contribution in [0.5, 0.6) is 0 Å². The lowest BCUT2D eigenvalue weighted by atomic mass is 9.92. The van der Waals surface area contributed by atoms with Crippen molar-refractivity contribution in [2.45, 2.75) is 45.2 Å². The molecular weight excluding hydrogens is 250 g/mol. The van der Waals surface area contributed by atoms with E-state index in [2.05, 4.69) is 24.4 Å². The van der Waals surface area contributed by atoms with Gasteiger partial charge in [-0.25, -0.2) is 4.79 Å². The average molecular weight is 273 g/mol. The molecule has 0 fully saturated rings. The van der Waals surface area contributed by atoms with Crippen molar-refractivity contribution in [1.29, 1.82) is 0 Å². The number of allylic oxidation sites excluding steroid dienone is 1. The predicted molar refractivity (Wildman–Crippen MR) is 80.3 cm³/mol. The molecule has 0 unspecified atom stereocenters. The van der Waals surface area contributed by atoms with Crippen molar-refractivity contribution in [1.82, 2.24) is 5.32 Å². The van der Waals surface area contributed by atoms with Gasteiger partial charge in [-0.2, -0.15) is 0 Å². The SMILES string of the molecule is CCOC(=O)C1=CCCC[C@H]1N[C@@H](C)c1ccccc1. The molecule has 108 valence electrons. The molecule has 0 saturated carbocycles. The van der Waals surface area contributed by atoms with Crippen molar-refractivity contribution in [3.63, 3.8) is 0 Å². The maximum absolute atomic E-state index is 12.0. The number of carbonyl (C=O) groups is 1. The molecule has 0 amide bonds. The van der Waals surface area contributed by atoms with Crippen LogP contribution in [0.15, 0.2) is 42.0 Å². The fourth-order valence-electron chi connectivity index (χ4n) is 2.63. The Bertz CT molecular complexity index is 467. The molecule has 0 radical (unpaired) electrons. The Morgan fingerprint density at radius 2 is 2.15 bits per heavy atom. The second-order valence-corrected chi connectivity index (χ2v) is 5.16. The lowest BCUT2D eigenvalue weighted by Crippen LogP contribution is -2.37. The van der Waals surface area contributed by atoms with Gasteiger partial charge >= 0.3 is 5.97 Å². The highest BCUT2D eigenvalue weighted by atomic mass is 16.5. The molecule has 2 atom stereocenters. The fourth-order valence-corrected chi connectivity index (χ4v) is 2.63. The zero-order valence-electron chi connectivity index (χ0n) is 12.3. The summed E-state index contributed by atoms with van der Waals surface area (Å²) < 4.78 is 5.15. The van der Waals surface area contributed by atoms with E-state index < -0.39 is 0 Å². The summed E-state index contributed by atoms with van der Waals surface area (Å²) in [6, 6.07) is 10.6. The Hall–Kier alpha value is -1.61. The molecule has 1 N–H and O–H groups in total. The fraction of sp³-hybridized carbons (Fsp3) is 0.471. The van der Waals surface area contributed by atoms with Crippen LogP contribution in [-0.4, -0.2) is 18.6 Å². The maximum atomic E-state index is 12.0. The summed E-state index contributed by atoms with van der Waals surface area (Å²) in [6.45, 7) is 4.40. The van der Waals surface area contributed by atoms with Crippen LogP contribution in [-0.2, 0) is 9.53 Å². The summed E-state index contributed by atoms with van der Waals surface area (Å²) in [5, 5.41) is 3.56. The van der Waals surface area contributed by atoms with Crippen molar-refractivity contribution in [3.8, 4) is 0 Å². The topological polar surface area (TPSA) is 38.3 Å². The first-order chi connectivity index (χ1) is 9.72. The van der Waals surface area contributed by atoms with Crippen molar-refractivity contribution in [3.05, 3.63) is 47.5 Å². The van der Waals surface area contributed by atoms with Crippen molar-refractivity contribution in [2.24, 2.45) is 0 Å². The number of esters is 1. The Labute approximate surface area is 121 Å². The first-order valence-electron chi connectivity index (χ1n) is 7.40. The summed E-state index contributed by atoms with van der Waals surface area (Å²) in [5.74, 6) is -0.176. The van der Waals surface area contributed by atoms with Crippen LogP contribution in [0, 0.1) is 0 Å². The number of carbonyl (C=O) groups excluding carboxylic acids is 1. The zero-order chi connectivity index (χ0) is 14.4. The molecule has 0 saturated heterocycles. The van der Waals surface area contributed by atoms with E-state index in [4.69, 9.17) is 4.74 Å². The molecule has 0 bridgehead atoms. The van der Waals surface area contributed by atoms with Crippen LogP contribution in [0.1, 0.15) is 44.7 Å². The van der Waals surface area contributed by atoms with Gasteiger partial charge in [-0.15, -0.1) is 0 Å². The van der Waals surface area contributed by atoms with Gasteiger partial charge in [0, 0.05) is 12.1 Å².